The van der Waals surface area contributed by atoms with E-state index in [1.54, 1.807) is 0 Å². The largest absolute Gasteiger partial charge is 0.466 e. The van der Waals surface area contributed by atoms with Crippen LogP contribution >= 0.6 is 0 Å². The summed E-state index contributed by atoms with van der Waals surface area (Å²) in [5, 5.41) is -1.97. The molecule has 0 radical (unpaired) electrons. The van der Waals surface area contributed by atoms with Gasteiger partial charge in [-0.15, -0.1) is 0 Å². The molecule has 0 aliphatic heterocycles. The van der Waals surface area contributed by atoms with Gasteiger partial charge in [0.25, 0.3) is 10.1 Å². The fraction of sp³-hybridized carbons (Fsp3) is 0.733. The van der Waals surface area contributed by atoms with E-state index in [4.69, 9.17) is 9.29 Å². The van der Waals surface area contributed by atoms with Crippen LogP contribution in [0.5, 0.6) is 0 Å². The number of rotatable bonds is 13. The first-order chi connectivity index (χ1) is 10.8. The summed E-state index contributed by atoms with van der Waals surface area (Å²) in [5.41, 5.74) is 0. The van der Waals surface area contributed by atoms with Crippen molar-refractivity contribution < 1.29 is 32.0 Å². The number of ether oxygens (including phenoxy) is 2. The Kier molecular flexibility index (Phi) is 11.3. The second kappa shape index (κ2) is 12.1. The van der Waals surface area contributed by atoms with Crippen molar-refractivity contribution >= 4 is 22.1 Å². The molecule has 23 heavy (non-hydrogen) atoms. The predicted molar refractivity (Wildman–Crippen MR) is 85.4 cm³/mol. The highest BCUT2D eigenvalue weighted by atomic mass is 32.2. The van der Waals surface area contributed by atoms with Crippen molar-refractivity contribution in [2.45, 2.75) is 57.1 Å². The molecular weight excluding hydrogens is 324 g/mol. The third-order valence-electron chi connectivity index (χ3n) is 3.08. The first-order valence-corrected chi connectivity index (χ1v) is 9.22. The van der Waals surface area contributed by atoms with Crippen LogP contribution in [0.1, 0.15) is 51.9 Å². The smallest absolute Gasteiger partial charge is 0.327 e. The topological polar surface area (TPSA) is 107 Å². The van der Waals surface area contributed by atoms with Gasteiger partial charge in [0.05, 0.1) is 13.0 Å². The summed E-state index contributed by atoms with van der Waals surface area (Å²) in [6, 6.07) is 0. The monoisotopic (exact) mass is 350 g/mol. The number of esters is 2. The minimum absolute atomic E-state index is 0.158. The van der Waals surface area contributed by atoms with Crippen molar-refractivity contribution in [3.8, 4) is 0 Å². The SMILES string of the molecule is C=CCOC(=O)C(CC(=O)OCCCCCCCC)S(=O)(=O)O. The Hall–Kier alpha value is -1.41. The first-order valence-electron chi connectivity index (χ1n) is 7.72. The van der Waals surface area contributed by atoms with Gasteiger partial charge < -0.3 is 9.47 Å². The molecule has 0 aromatic heterocycles. The van der Waals surface area contributed by atoms with Crippen molar-refractivity contribution in [1.82, 2.24) is 0 Å². The summed E-state index contributed by atoms with van der Waals surface area (Å²) < 4.78 is 40.8. The van der Waals surface area contributed by atoms with Gasteiger partial charge in [0.2, 0.25) is 0 Å². The molecular formula is C15H26O7S. The lowest BCUT2D eigenvalue weighted by atomic mass is 10.1. The van der Waals surface area contributed by atoms with Crippen LogP contribution in [0.3, 0.4) is 0 Å². The summed E-state index contributed by atoms with van der Waals surface area (Å²) in [6.07, 6.45) is 6.55. The van der Waals surface area contributed by atoms with Gasteiger partial charge in [-0.3, -0.25) is 14.1 Å². The molecule has 0 fully saturated rings. The molecule has 0 heterocycles. The average Bonchev–Trinajstić information content (AvgIpc) is 2.48. The van der Waals surface area contributed by atoms with Crippen LogP contribution in [0.15, 0.2) is 12.7 Å². The maximum atomic E-state index is 11.6. The van der Waals surface area contributed by atoms with Crippen molar-refractivity contribution in [1.29, 1.82) is 0 Å². The zero-order chi connectivity index (χ0) is 17.7. The van der Waals surface area contributed by atoms with Gasteiger partial charge in [-0.1, -0.05) is 51.7 Å². The fourth-order valence-electron chi connectivity index (χ4n) is 1.82. The Labute approximate surface area is 137 Å². The molecule has 0 aromatic carbocycles. The van der Waals surface area contributed by atoms with Gasteiger partial charge in [0.1, 0.15) is 6.61 Å². The normalized spacial score (nSPS) is 12.4. The Morgan fingerprint density at radius 3 is 2.30 bits per heavy atom. The quantitative estimate of drug-likeness (QED) is 0.235. The first kappa shape index (κ1) is 21.6. The zero-order valence-electron chi connectivity index (χ0n) is 13.5. The van der Waals surface area contributed by atoms with Crippen LogP contribution in [-0.4, -0.2) is 43.4 Å². The second-order valence-corrected chi connectivity index (χ2v) is 6.71. The third-order valence-corrected chi connectivity index (χ3v) is 4.16. The molecule has 0 amide bonds. The number of carbonyl (C=O) groups excluding carboxylic acids is 2. The van der Waals surface area contributed by atoms with Crippen LogP contribution < -0.4 is 0 Å². The number of hydrogen-bond donors (Lipinski definition) is 1. The van der Waals surface area contributed by atoms with Crippen molar-refractivity contribution in [2.75, 3.05) is 13.2 Å². The number of hydrogen-bond acceptors (Lipinski definition) is 6. The Bertz CT molecular complexity index is 470. The van der Waals surface area contributed by atoms with Crippen LogP contribution in [0.25, 0.3) is 0 Å². The minimum Gasteiger partial charge on any atom is -0.466 e. The molecule has 134 valence electrons. The molecule has 1 N–H and O–H groups in total. The van der Waals surface area contributed by atoms with Crippen LogP contribution in [-0.2, 0) is 29.2 Å². The molecule has 1 atom stereocenters. The van der Waals surface area contributed by atoms with Crippen molar-refractivity contribution in [3.63, 3.8) is 0 Å². The maximum Gasteiger partial charge on any atom is 0.327 e. The van der Waals surface area contributed by atoms with Gasteiger partial charge in [-0.25, -0.2) is 0 Å². The van der Waals surface area contributed by atoms with Crippen LogP contribution in [0.4, 0.5) is 0 Å². The van der Waals surface area contributed by atoms with Crippen LogP contribution in [0, 0.1) is 0 Å². The molecule has 1 unspecified atom stereocenters. The van der Waals surface area contributed by atoms with E-state index >= 15 is 0 Å². The molecule has 0 spiro atoms. The van der Waals surface area contributed by atoms with Gasteiger partial charge >= 0.3 is 11.9 Å². The van der Waals surface area contributed by atoms with Crippen LogP contribution in [0.2, 0.25) is 0 Å². The molecule has 0 saturated heterocycles. The van der Waals surface area contributed by atoms with Gasteiger partial charge in [0.15, 0.2) is 5.25 Å². The summed E-state index contributed by atoms with van der Waals surface area (Å²) in [6.45, 7) is 5.38. The molecule has 0 aromatic rings. The lowest BCUT2D eigenvalue weighted by molar-refractivity contribution is -0.149. The Morgan fingerprint density at radius 1 is 1.13 bits per heavy atom. The van der Waals surface area contributed by atoms with E-state index in [2.05, 4.69) is 18.2 Å². The summed E-state index contributed by atoms with van der Waals surface area (Å²) in [7, 11) is -4.74. The molecule has 0 aliphatic rings. The van der Waals surface area contributed by atoms with E-state index in [1.165, 1.54) is 12.5 Å². The van der Waals surface area contributed by atoms with Gasteiger partial charge in [0, 0.05) is 0 Å². The van der Waals surface area contributed by atoms with Crippen molar-refractivity contribution in [2.24, 2.45) is 0 Å². The molecule has 8 heteroatoms. The fourth-order valence-corrected chi connectivity index (χ4v) is 2.48. The molecule has 0 aliphatic carbocycles. The van der Waals surface area contributed by atoms with E-state index in [0.717, 1.165) is 25.7 Å². The molecule has 7 nitrogen and oxygen atoms in total. The van der Waals surface area contributed by atoms with E-state index in [0.29, 0.717) is 6.42 Å². The predicted octanol–water partition coefficient (Wildman–Crippen LogP) is 2.27. The highest BCUT2D eigenvalue weighted by Crippen LogP contribution is 2.10. The minimum atomic E-state index is -4.74. The van der Waals surface area contributed by atoms with E-state index < -0.39 is 33.7 Å². The standard InChI is InChI=1S/C15H26O7S/c1-3-5-6-7-8-9-11-21-14(16)12-13(23(18,19)20)15(17)22-10-4-2/h4,13H,2-3,5-12H2,1H3,(H,18,19,20). The Balaban J connectivity index is 4.19. The highest BCUT2D eigenvalue weighted by molar-refractivity contribution is 7.87. The maximum absolute atomic E-state index is 11.6. The summed E-state index contributed by atoms with van der Waals surface area (Å²) in [5.74, 6) is -2.07. The molecule has 0 saturated carbocycles. The highest BCUT2D eigenvalue weighted by Gasteiger charge is 2.35. The second-order valence-electron chi connectivity index (χ2n) is 5.11. The third kappa shape index (κ3) is 10.9. The summed E-state index contributed by atoms with van der Waals surface area (Å²) in [4.78, 5) is 23.1. The lowest BCUT2D eigenvalue weighted by Crippen LogP contribution is -2.34. The molecule has 0 bridgehead atoms. The van der Waals surface area contributed by atoms with E-state index in [-0.39, 0.29) is 13.2 Å². The van der Waals surface area contributed by atoms with E-state index in [1.807, 2.05) is 0 Å². The zero-order valence-corrected chi connectivity index (χ0v) is 14.3. The van der Waals surface area contributed by atoms with Crippen molar-refractivity contribution in [3.05, 3.63) is 12.7 Å². The van der Waals surface area contributed by atoms with E-state index in [9.17, 15) is 18.0 Å². The molecule has 0 rings (SSSR count). The lowest BCUT2D eigenvalue weighted by Gasteiger charge is -2.12. The Morgan fingerprint density at radius 2 is 1.74 bits per heavy atom. The van der Waals surface area contributed by atoms with Gasteiger partial charge in [-0.2, -0.15) is 8.42 Å². The van der Waals surface area contributed by atoms with Gasteiger partial charge in [-0.05, 0) is 6.42 Å². The summed E-state index contributed by atoms with van der Waals surface area (Å²) >= 11 is 0. The number of carbonyl (C=O) groups is 2. The average molecular weight is 350 g/mol. The number of unbranched alkanes of at least 4 members (excludes halogenated alkanes) is 5.